The van der Waals surface area contributed by atoms with Crippen LogP contribution in [0.5, 0.6) is 0 Å². The van der Waals surface area contributed by atoms with E-state index in [-0.39, 0.29) is 17.1 Å². The summed E-state index contributed by atoms with van der Waals surface area (Å²) in [7, 11) is 3.49. The van der Waals surface area contributed by atoms with Crippen molar-refractivity contribution < 1.29 is 9.59 Å². The van der Waals surface area contributed by atoms with Crippen molar-refractivity contribution in [3.63, 3.8) is 0 Å². The van der Waals surface area contributed by atoms with E-state index < -0.39 is 0 Å². The van der Waals surface area contributed by atoms with Gasteiger partial charge in [0.15, 0.2) is 8.68 Å². The number of rotatable bonds is 9. The van der Waals surface area contributed by atoms with E-state index in [1.807, 2.05) is 37.3 Å². The highest BCUT2D eigenvalue weighted by molar-refractivity contribution is 8.04. The number of aromatic nitrogens is 2. The lowest BCUT2D eigenvalue weighted by atomic mass is 10.1. The number of amides is 2. The second-order valence-electron chi connectivity index (χ2n) is 5.61. The lowest BCUT2D eigenvalue weighted by molar-refractivity contribution is -0.128. The Hall–Kier alpha value is -1.58. The van der Waals surface area contributed by atoms with Crippen LogP contribution in [0, 0.1) is 0 Å². The summed E-state index contributed by atoms with van der Waals surface area (Å²) in [5.74, 6) is 0.314. The fourth-order valence-corrected chi connectivity index (χ4v) is 5.16. The zero-order valence-electron chi connectivity index (χ0n) is 15.0. The van der Waals surface area contributed by atoms with Crippen molar-refractivity contribution in [1.82, 2.24) is 20.4 Å². The Labute approximate surface area is 166 Å². The van der Waals surface area contributed by atoms with E-state index in [1.165, 1.54) is 34.9 Å². The summed E-state index contributed by atoms with van der Waals surface area (Å²) in [6.07, 6.45) is 0.913. The van der Waals surface area contributed by atoms with E-state index >= 15 is 0 Å². The van der Waals surface area contributed by atoms with Crippen molar-refractivity contribution in [3.8, 4) is 0 Å². The first-order chi connectivity index (χ1) is 12.5. The molecule has 26 heavy (non-hydrogen) atoms. The summed E-state index contributed by atoms with van der Waals surface area (Å²) in [6, 6.07) is 9.64. The molecule has 0 aliphatic carbocycles. The Balaban J connectivity index is 2.02. The predicted octanol–water partition coefficient (Wildman–Crippen LogP) is 3.08. The molecule has 6 nitrogen and oxygen atoms in total. The molecule has 1 aromatic carbocycles. The van der Waals surface area contributed by atoms with Gasteiger partial charge < -0.3 is 10.2 Å². The minimum atomic E-state index is -0.371. The Morgan fingerprint density at radius 3 is 2.54 bits per heavy atom. The van der Waals surface area contributed by atoms with Crippen LogP contribution in [0.25, 0.3) is 0 Å². The highest BCUT2D eigenvalue weighted by atomic mass is 32.2. The number of nitrogens with one attached hydrogen (secondary N) is 1. The van der Waals surface area contributed by atoms with Crippen LogP contribution in [0.2, 0.25) is 0 Å². The van der Waals surface area contributed by atoms with Gasteiger partial charge >= 0.3 is 0 Å². The van der Waals surface area contributed by atoms with E-state index in [1.54, 1.807) is 19.0 Å². The maximum absolute atomic E-state index is 12.6. The Morgan fingerprint density at radius 2 is 1.88 bits per heavy atom. The summed E-state index contributed by atoms with van der Waals surface area (Å²) < 4.78 is 1.44. The van der Waals surface area contributed by atoms with Crippen LogP contribution >= 0.6 is 34.9 Å². The van der Waals surface area contributed by atoms with Gasteiger partial charge in [-0.1, -0.05) is 72.1 Å². The zero-order chi connectivity index (χ0) is 18.9. The smallest absolute Gasteiger partial charge is 0.240 e. The quantitative estimate of drug-likeness (QED) is 0.641. The van der Waals surface area contributed by atoms with E-state index in [2.05, 4.69) is 15.5 Å². The number of likely N-dealkylation sites (N-methyl/N-ethyl adjacent to an activating group) is 1. The molecular weight excluding hydrogens is 388 g/mol. The topological polar surface area (TPSA) is 75.2 Å². The number of carbonyl (C=O) groups excluding carboxylic acids is 2. The predicted molar refractivity (Wildman–Crippen MR) is 108 cm³/mol. The molecule has 0 spiro atoms. The molecule has 2 amide bonds. The third-order valence-electron chi connectivity index (χ3n) is 3.27. The van der Waals surface area contributed by atoms with Crippen molar-refractivity contribution in [2.45, 2.75) is 27.3 Å². The van der Waals surface area contributed by atoms with Gasteiger partial charge in [0.05, 0.1) is 5.75 Å². The van der Waals surface area contributed by atoms with Gasteiger partial charge in [0, 0.05) is 20.6 Å². The Kier molecular flexibility index (Phi) is 8.40. The molecule has 1 unspecified atom stereocenters. The Bertz CT molecular complexity index is 722. The molecule has 2 rings (SSSR count). The van der Waals surface area contributed by atoms with Crippen LogP contribution in [0.15, 0.2) is 39.0 Å². The van der Waals surface area contributed by atoms with E-state index in [0.717, 1.165) is 16.3 Å². The Morgan fingerprint density at radius 1 is 1.19 bits per heavy atom. The largest absolute Gasteiger partial charge is 0.355 e. The second-order valence-corrected chi connectivity index (χ2v) is 9.17. The maximum Gasteiger partial charge on any atom is 0.240 e. The van der Waals surface area contributed by atoms with E-state index in [4.69, 9.17) is 0 Å². The summed E-state index contributed by atoms with van der Waals surface area (Å²) in [5, 5.41) is 10.8. The number of hydrogen-bond acceptors (Lipinski definition) is 7. The van der Waals surface area contributed by atoms with Crippen molar-refractivity contribution in [3.05, 3.63) is 35.9 Å². The van der Waals surface area contributed by atoms with Crippen LogP contribution in [-0.4, -0.2) is 53.3 Å². The number of hydrogen-bond donors (Lipinski definition) is 1. The molecule has 1 atom stereocenters. The molecular formula is C17H22N4O2S3. The number of benzene rings is 1. The van der Waals surface area contributed by atoms with Gasteiger partial charge in [-0.2, -0.15) is 0 Å². The van der Waals surface area contributed by atoms with Gasteiger partial charge in [0.2, 0.25) is 11.8 Å². The molecule has 0 saturated carbocycles. The summed E-state index contributed by atoms with van der Waals surface area (Å²) in [5.41, 5.74) is 0.930. The molecule has 0 fully saturated rings. The van der Waals surface area contributed by atoms with Crippen molar-refractivity contribution in [2.75, 3.05) is 26.4 Å². The standard InChI is InChI=1S/C17H22N4O2S3/c1-4-10-18-13(22)11-24-16-19-20-17(26-16)25-14(15(23)21(2)3)12-8-6-5-7-9-12/h5-9,14H,4,10-11H2,1-3H3,(H,18,22). The summed E-state index contributed by atoms with van der Waals surface area (Å²) >= 11 is 4.15. The minimum Gasteiger partial charge on any atom is -0.355 e. The van der Waals surface area contributed by atoms with Gasteiger partial charge in [-0.25, -0.2) is 0 Å². The van der Waals surface area contributed by atoms with Gasteiger partial charge in [-0.3, -0.25) is 9.59 Å². The fraction of sp³-hybridized carbons (Fsp3) is 0.412. The van der Waals surface area contributed by atoms with Crippen LogP contribution in [-0.2, 0) is 9.59 Å². The highest BCUT2D eigenvalue weighted by Crippen LogP contribution is 2.39. The van der Waals surface area contributed by atoms with Gasteiger partial charge in [0.25, 0.3) is 0 Å². The molecule has 9 heteroatoms. The lowest BCUT2D eigenvalue weighted by Crippen LogP contribution is -2.26. The van der Waals surface area contributed by atoms with Crippen LogP contribution in [0.3, 0.4) is 0 Å². The molecule has 0 saturated heterocycles. The van der Waals surface area contributed by atoms with Gasteiger partial charge in [-0.05, 0) is 12.0 Å². The molecule has 2 aromatic rings. The third-order valence-corrected chi connectivity index (χ3v) is 6.66. The molecule has 1 heterocycles. The molecule has 0 aliphatic rings. The maximum atomic E-state index is 12.6. The monoisotopic (exact) mass is 410 g/mol. The number of thioether (sulfide) groups is 2. The molecule has 0 aliphatic heterocycles. The number of carbonyl (C=O) groups is 2. The average molecular weight is 411 g/mol. The van der Waals surface area contributed by atoms with E-state index in [0.29, 0.717) is 16.6 Å². The molecule has 140 valence electrons. The van der Waals surface area contributed by atoms with E-state index in [9.17, 15) is 9.59 Å². The lowest BCUT2D eigenvalue weighted by Gasteiger charge is -2.19. The molecule has 0 radical (unpaired) electrons. The highest BCUT2D eigenvalue weighted by Gasteiger charge is 2.25. The minimum absolute atomic E-state index is 0.00421. The molecule has 1 aromatic heterocycles. The van der Waals surface area contributed by atoms with Gasteiger partial charge in [-0.15, -0.1) is 10.2 Å². The SMILES string of the molecule is CCCNC(=O)CSc1nnc(SC(C(=O)N(C)C)c2ccccc2)s1. The summed E-state index contributed by atoms with van der Waals surface area (Å²) in [6.45, 7) is 2.70. The first-order valence-corrected chi connectivity index (χ1v) is 10.8. The van der Waals surface area contributed by atoms with Crippen LogP contribution in [0.1, 0.15) is 24.2 Å². The van der Waals surface area contributed by atoms with Crippen LogP contribution < -0.4 is 5.32 Å². The van der Waals surface area contributed by atoms with Crippen molar-refractivity contribution in [2.24, 2.45) is 0 Å². The normalized spacial score (nSPS) is 11.8. The first-order valence-electron chi connectivity index (χ1n) is 8.17. The third kappa shape index (κ3) is 6.30. The molecule has 0 bridgehead atoms. The van der Waals surface area contributed by atoms with Crippen molar-refractivity contribution in [1.29, 1.82) is 0 Å². The fourth-order valence-electron chi connectivity index (χ4n) is 1.97. The van der Waals surface area contributed by atoms with Crippen molar-refractivity contribution >= 4 is 46.7 Å². The van der Waals surface area contributed by atoms with Gasteiger partial charge in [0.1, 0.15) is 5.25 Å². The average Bonchev–Trinajstić information content (AvgIpc) is 3.10. The summed E-state index contributed by atoms with van der Waals surface area (Å²) in [4.78, 5) is 25.8. The molecule has 1 N–H and O–H groups in total. The van der Waals surface area contributed by atoms with Crippen LogP contribution in [0.4, 0.5) is 0 Å². The second kappa shape index (κ2) is 10.5. The zero-order valence-corrected chi connectivity index (χ0v) is 17.4. The number of nitrogens with zero attached hydrogens (tertiary/aromatic N) is 3. The first kappa shape index (κ1) is 20.7.